The lowest BCUT2D eigenvalue weighted by Crippen LogP contribution is -2.36. The Morgan fingerprint density at radius 3 is 2.69 bits per heavy atom. The fraction of sp³-hybridized carbons (Fsp3) is 0.526. The molecule has 20 nitrogen and oxygen atoms in total. The van der Waals surface area contributed by atoms with E-state index >= 15 is 8.78 Å². The van der Waals surface area contributed by atoms with Crippen LogP contribution in [0.3, 0.4) is 0 Å². The fourth-order valence-corrected chi connectivity index (χ4v) is 8.37. The minimum Gasteiger partial charge on any atom is -0.394 e. The first-order valence-electron chi connectivity index (χ1n) is 12.7. The number of H-pyrrole nitrogens is 2. The molecule has 45 heavy (non-hydrogen) atoms. The average molecular weight is 713 g/mol. The number of alkyl halides is 2. The molecule has 1 aliphatic carbocycles. The van der Waals surface area contributed by atoms with E-state index in [0.717, 1.165) is 21.9 Å². The van der Waals surface area contributed by atoms with E-state index in [9.17, 15) is 23.8 Å². The molecule has 242 valence electrons. The third kappa shape index (κ3) is 4.86. The van der Waals surface area contributed by atoms with Crippen molar-refractivity contribution in [3.63, 3.8) is 0 Å². The molecule has 0 bridgehead atoms. The number of nitrogens with two attached hydrogens (primary N) is 1. The molecule has 26 heteroatoms. The predicted molar refractivity (Wildman–Crippen MR) is 151 cm³/mol. The molecule has 4 aromatic rings. The Bertz CT molecular complexity index is 2020. The standard InChI is InChI=1S/C19H20F2N10O10P2S2/c20-5-4(1-32)37-16(30-3-25-6-13(30)26-18(22)27-15(6)34)8(5)39-43(36,45)40-11-10-19(11,41-42(35)44)9(21)17(38-10)31-12-7(28-29-31)14(33)24-2-23-12/h2-5,8-11,16-17,32,42H,1H2,(H,35,44)(H,36,45)(H,23,24,33)(H3,22,26,27,34)/t4-,5-,8-,9+,10-,11?,16-,17-,19+,43?/m1/s1. The van der Waals surface area contributed by atoms with Crippen molar-refractivity contribution in [3.05, 3.63) is 33.4 Å². The van der Waals surface area contributed by atoms with E-state index in [0.29, 0.717) is 0 Å². The highest BCUT2D eigenvalue weighted by atomic mass is 32.7. The van der Waals surface area contributed by atoms with Gasteiger partial charge in [-0.15, -0.1) is 5.10 Å². The van der Waals surface area contributed by atoms with Crippen LogP contribution in [0.25, 0.3) is 22.3 Å². The first kappa shape index (κ1) is 30.8. The summed E-state index contributed by atoms with van der Waals surface area (Å²) in [7, 11) is -3.19. The van der Waals surface area contributed by atoms with Gasteiger partial charge in [0.25, 0.3) is 11.1 Å². The lowest BCUT2D eigenvalue weighted by Gasteiger charge is -2.26. The zero-order chi connectivity index (χ0) is 32.0. The number of nitrogen functional groups attached to an aromatic ring is 1. The molecule has 0 amide bonds. The molecule has 1 saturated carbocycles. The second-order valence-corrected chi connectivity index (χ2v) is 14.7. The molecule has 0 radical (unpaired) electrons. The summed E-state index contributed by atoms with van der Waals surface area (Å²) in [5.74, 6) is -0.294. The first-order chi connectivity index (χ1) is 21.4. The highest BCUT2D eigenvalue weighted by Crippen LogP contribution is 2.69. The Morgan fingerprint density at radius 1 is 1.18 bits per heavy atom. The molecule has 6 heterocycles. The minimum absolute atomic E-state index is 0.132. The van der Waals surface area contributed by atoms with Gasteiger partial charge in [-0.2, -0.15) is 9.67 Å². The first-order valence-corrected chi connectivity index (χ1v) is 18.0. The molecule has 11 atom stereocenters. The summed E-state index contributed by atoms with van der Waals surface area (Å²) in [4.78, 5) is 40.6. The van der Waals surface area contributed by atoms with Crippen LogP contribution in [-0.2, 0) is 32.2 Å². The van der Waals surface area contributed by atoms with Crippen LogP contribution >= 0.6 is 38.5 Å². The van der Waals surface area contributed by atoms with Gasteiger partial charge in [-0.05, 0) is 0 Å². The number of hydrogen-bond donors (Lipinski definition) is 6. The molecule has 2 aliphatic heterocycles. The van der Waals surface area contributed by atoms with Gasteiger partial charge in [0, 0.05) is 0 Å². The van der Waals surface area contributed by atoms with E-state index in [1.54, 1.807) is 0 Å². The third-order valence-electron chi connectivity index (χ3n) is 7.47. The summed E-state index contributed by atoms with van der Waals surface area (Å²) < 4.78 is 86.6. The van der Waals surface area contributed by atoms with Crippen molar-refractivity contribution in [2.45, 2.75) is 54.8 Å². The number of aromatic nitrogens is 9. The summed E-state index contributed by atoms with van der Waals surface area (Å²) in [5, 5.41) is 17.1. The van der Waals surface area contributed by atoms with Gasteiger partial charge in [-0.3, -0.25) is 32.8 Å². The molecule has 7 rings (SSSR count). The number of thiol groups is 2. The third-order valence-corrected chi connectivity index (χ3v) is 9.84. The number of rotatable bonds is 9. The monoisotopic (exact) mass is 712 g/mol. The molecule has 4 aromatic heterocycles. The van der Waals surface area contributed by atoms with Gasteiger partial charge in [0.05, 0.1) is 19.3 Å². The molecule has 2 saturated heterocycles. The highest BCUT2D eigenvalue weighted by Gasteiger charge is 2.82. The molecule has 3 fully saturated rings. The topological polar surface area (TPSA) is 267 Å². The van der Waals surface area contributed by atoms with Crippen molar-refractivity contribution in [1.82, 2.24) is 44.5 Å². The molecule has 3 aliphatic rings. The smallest absolute Gasteiger partial charge is 0.387 e. The molecular weight excluding hydrogens is 692 g/mol. The number of aliphatic hydroxyl groups excluding tert-OH is 1. The number of fused-ring (bicyclic) bond motifs is 3. The summed E-state index contributed by atoms with van der Waals surface area (Å²) in [5.41, 5.74) is 1.43. The van der Waals surface area contributed by atoms with Crippen molar-refractivity contribution >= 4 is 66.8 Å². The maximum Gasteiger partial charge on any atom is 0.387 e. The van der Waals surface area contributed by atoms with Crippen molar-refractivity contribution in [2.75, 3.05) is 12.3 Å². The van der Waals surface area contributed by atoms with Crippen molar-refractivity contribution in [2.24, 2.45) is 0 Å². The Balaban J connectivity index is 1.15. The van der Waals surface area contributed by atoms with Crippen LogP contribution in [0, 0.1) is 0 Å². The van der Waals surface area contributed by atoms with Gasteiger partial charge in [0.15, 0.2) is 52.7 Å². The summed E-state index contributed by atoms with van der Waals surface area (Å²) in [6.07, 6.45) is -11.6. The van der Waals surface area contributed by atoms with Gasteiger partial charge < -0.3 is 29.8 Å². The Labute approximate surface area is 257 Å². The van der Waals surface area contributed by atoms with Gasteiger partial charge in [-0.1, -0.05) is 29.7 Å². The van der Waals surface area contributed by atoms with Crippen LogP contribution in [0.15, 0.2) is 22.2 Å². The van der Waals surface area contributed by atoms with Crippen LogP contribution in [-0.4, -0.2) is 98.6 Å². The van der Waals surface area contributed by atoms with Crippen molar-refractivity contribution in [1.29, 1.82) is 0 Å². The Hall–Kier alpha value is -2.79. The number of nitrogens with zero attached hydrogens (tertiary/aromatic N) is 7. The SMILES string of the molecule is Nc1nc2c(ncn2[C@@H]2O[C@H](CO)[C@@H](F)[C@H]2OP(=O)(S)OC2[C@H]3O[C@@H](n4nnc5c(=O)[nH]cnc54)[C@H](F)[C@@]23O[PH](=O)S)c(=O)[nH]1. The van der Waals surface area contributed by atoms with Gasteiger partial charge in [-0.25, -0.2) is 23.3 Å². The number of anilines is 1. The van der Waals surface area contributed by atoms with E-state index in [2.05, 4.69) is 59.7 Å². The quantitative estimate of drug-likeness (QED) is 0.0951. The second kappa shape index (κ2) is 10.9. The van der Waals surface area contributed by atoms with Crippen LogP contribution in [0.2, 0.25) is 0 Å². The lowest BCUT2D eigenvalue weighted by molar-refractivity contribution is -0.0631. The van der Waals surface area contributed by atoms with Crippen LogP contribution in [0.1, 0.15) is 12.5 Å². The number of hydrogen-bond acceptors (Lipinski definition) is 16. The maximum absolute atomic E-state index is 16.1. The Morgan fingerprint density at radius 2 is 1.96 bits per heavy atom. The number of imidazole rings is 1. The van der Waals surface area contributed by atoms with Gasteiger partial charge in [0.2, 0.25) is 13.2 Å². The normalized spacial score (nSPS) is 34.7. The van der Waals surface area contributed by atoms with Crippen molar-refractivity contribution in [3.8, 4) is 0 Å². The number of ether oxygens (including phenoxy) is 2. The van der Waals surface area contributed by atoms with E-state index in [-0.39, 0.29) is 28.3 Å². The van der Waals surface area contributed by atoms with Crippen molar-refractivity contribution < 1.29 is 46.1 Å². The van der Waals surface area contributed by atoms with Gasteiger partial charge >= 0.3 is 6.80 Å². The van der Waals surface area contributed by atoms with E-state index < -0.39 is 86.6 Å². The summed E-state index contributed by atoms with van der Waals surface area (Å²) >= 11 is 7.68. The highest BCUT2D eigenvalue weighted by molar-refractivity contribution is 8.44. The number of aromatic amines is 2. The van der Waals surface area contributed by atoms with E-state index in [4.69, 9.17) is 28.8 Å². The summed E-state index contributed by atoms with van der Waals surface area (Å²) in [6.45, 7) is -5.54. The molecule has 3 unspecified atom stereocenters. The molecule has 5 N–H and O–H groups in total. The number of halogens is 2. The lowest BCUT2D eigenvalue weighted by atomic mass is 10.1. The zero-order valence-corrected chi connectivity index (χ0v) is 25.6. The fourth-order valence-electron chi connectivity index (χ4n) is 5.48. The molecule has 0 aromatic carbocycles. The number of aliphatic hydroxyl groups is 1. The van der Waals surface area contributed by atoms with Gasteiger partial charge in [0.1, 0.15) is 24.4 Å². The van der Waals surface area contributed by atoms with E-state index in [1.807, 2.05) is 0 Å². The maximum atomic E-state index is 16.1. The van der Waals surface area contributed by atoms with E-state index in [1.165, 1.54) is 0 Å². The number of nitrogens with one attached hydrogen (secondary N) is 2. The Kier molecular flexibility index (Phi) is 7.47. The predicted octanol–water partition coefficient (Wildman–Crippen LogP) is -0.410. The largest absolute Gasteiger partial charge is 0.394 e. The van der Waals surface area contributed by atoms with Crippen LogP contribution < -0.4 is 16.9 Å². The molecular formula is C19H20F2N10O10P2S2. The van der Waals surface area contributed by atoms with Crippen LogP contribution in [0.4, 0.5) is 14.7 Å². The second-order valence-electron chi connectivity index (χ2n) is 10.0. The minimum atomic E-state index is -4.71. The summed E-state index contributed by atoms with van der Waals surface area (Å²) in [6, 6.07) is 0. The average Bonchev–Trinajstić information content (AvgIpc) is 3.47. The molecule has 0 spiro atoms. The zero-order valence-electron chi connectivity index (χ0n) is 21.9. The van der Waals surface area contributed by atoms with Crippen LogP contribution in [0.5, 0.6) is 0 Å².